The van der Waals surface area contributed by atoms with E-state index in [1.54, 1.807) is 0 Å². The van der Waals surface area contributed by atoms with Gasteiger partial charge in [0.05, 0.1) is 0 Å². The smallest absolute Gasteiger partial charge is 0.224 e. The van der Waals surface area contributed by atoms with E-state index >= 15 is 0 Å². The van der Waals surface area contributed by atoms with Gasteiger partial charge in [-0.05, 0) is 31.2 Å². The molecule has 1 aromatic carbocycles. The summed E-state index contributed by atoms with van der Waals surface area (Å²) in [6, 6.07) is 8.78. The molecule has 3 atom stereocenters. The quantitative estimate of drug-likeness (QED) is 0.945. The zero-order chi connectivity index (χ0) is 15.1. The normalized spacial score (nSPS) is 26.3. The van der Waals surface area contributed by atoms with Crippen LogP contribution in [-0.2, 0) is 17.8 Å². The Kier molecular flexibility index (Phi) is 3.25. The third kappa shape index (κ3) is 2.54. The Labute approximate surface area is 130 Å². The molecule has 1 amide bonds. The average Bonchev–Trinajstić information content (AvgIpc) is 3.18. The Balaban J connectivity index is 1.36. The fraction of sp³-hybridized carbons (Fsp3) is 0.444. The van der Waals surface area contributed by atoms with Crippen molar-refractivity contribution in [1.29, 1.82) is 0 Å². The van der Waals surface area contributed by atoms with Crippen LogP contribution in [-0.4, -0.2) is 21.5 Å². The third-order valence-corrected chi connectivity index (χ3v) is 4.88. The summed E-state index contributed by atoms with van der Waals surface area (Å²) in [5.41, 5.74) is 2.57. The molecule has 0 bridgehead atoms. The molecule has 1 aliphatic heterocycles. The van der Waals surface area contributed by atoms with Crippen LogP contribution in [0.1, 0.15) is 35.7 Å². The summed E-state index contributed by atoms with van der Waals surface area (Å²) in [6.07, 6.45) is 6.77. The number of nitrogens with one attached hydrogen (secondary N) is 1. The van der Waals surface area contributed by atoms with Crippen LogP contribution in [0.15, 0.2) is 36.7 Å². The number of fused-ring (bicyclic) bond motifs is 1. The van der Waals surface area contributed by atoms with Crippen molar-refractivity contribution in [3.8, 4) is 0 Å². The van der Waals surface area contributed by atoms with Gasteiger partial charge in [-0.15, -0.1) is 0 Å². The van der Waals surface area contributed by atoms with Crippen LogP contribution < -0.4 is 5.32 Å². The van der Waals surface area contributed by atoms with Crippen LogP contribution >= 0.6 is 0 Å². The first-order chi connectivity index (χ1) is 10.7. The zero-order valence-electron chi connectivity index (χ0n) is 12.8. The molecular formula is C18H21N3O. The van der Waals surface area contributed by atoms with E-state index < -0.39 is 0 Å². The van der Waals surface area contributed by atoms with E-state index in [2.05, 4.69) is 46.1 Å². The molecule has 1 aliphatic carbocycles. The van der Waals surface area contributed by atoms with Crippen molar-refractivity contribution < 1.29 is 4.79 Å². The van der Waals surface area contributed by atoms with E-state index in [4.69, 9.17) is 0 Å². The number of aromatic nitrogens is 2. The van der Waals surface area contributed by atoms with Gasteiger partial charge in [0, 0.05) is 37.3 Å². The van der Waals surface area contributed by atoms with Crippen molar-refractivity contribution in [2.75, 3.05) is 0 Å². The second-order valence-corrected chi connectivity index (χ2v) is 6.60. The number of carbonyl (C=O) groups is 1. The monoisotopic (exact) mass is 295 g/mol. The van der Waals surface area contributed by atoms with Gasteiger partial charge in [0.15, 0.2) is 0 Å². The van der Waals surface area contributed by atoms with Crippen molar-refractivity contribution in [2.45, 2.75) is 44.7 Å². The first-order valence-corrected chi connectivity index (χ1v) is 8.07. The molecule has 1 fully saturated rings. The molecular weight excluding hydrogens is 274 g/mol. The lowest BCUT2D eigenvalue weighted by Crippen LogP contribution is -2.41. The second-order valence-electron chi connectivity index (χ2n) is 6.60. The lowest BCUT2D eigenvalue weighted by Gasteiger charge is -2.24. The first-order valence-electron chi connectivity index (χ1n) is 8.07. The van der Waals surface area contributed by atoms with E-state index in [1.165, 1.54) is 11.1 Å². The van der Waals surface area contributed by atoms with Crippen LogP contribution in [0, 0.1) is 12.8 Å². The molecule has 0 spiro atoms. The summed E-state index contributed by atoms with van der Waals surface area (Å²) in [4.78, 5) is 16.8. The Morgan fingerprint density at radius 1 is 1.41 bits per heavy atom. The highest BCUT2D eigenvalue weighted by Gasteiger charge is 2.44. The maximum atomic E-state index is 12.5. The minimum atomic E-state index is 0.158. The summed E-state index contributed by atoms with van der Waals surface area (Å²) in [7, 11) is 0. The predicted octanol–water partition coefficient (Wildman–Crippen LogP) is 2.43. The Hall–Kier alpha value is -2.10. The fourth-order valence-corrected chi connectivity index (χ4v) is 3.55. The average molecular weight is 295 g/mol. The van der Waals surface area contributed by atoms with Crippen LogP contribution in [0.5, 0.6) is 0 Å². The number of amides is 1. The van der Waals surface area contributed by atoms with Crippen LogP contribution in [0.2, 0.25) is 0 Å². The number of carbonyl (C=O) groups excluding carboxylic acids is 1. The molecule has 4 nitrogen and oxygen atoms in total. The molecule has 2 aromatic rings. The highest BCUT2D eigenvalue weighted by Crippen LogP contribution is 2.47. The molecule has 2 heterocycles. The molecule has 2 aliphatic rings. The number of nitrogens with zero attached hydrogens (tertiary/aromatic N) is 2. The topological polar surface area (TPSA) is 46.9 Å². The summed E-state index contributed by atoms with van der Waals surface area (Å²) >= 11 is 0. The SMILES string of the molecule is Cc1cccc(C2CC2C(=O)NC2CCc3nccn3C2)c1. The second kappa shape index (κ2) is 5.27. The van der Waals surface area contributed by atoms with E-state index in [0.29, 0.717) is 5.92 Å². The van der Waals surface area contributed by atoms with Crippen molar-refractivity contribution in [3.63, 3.8) is 0 Å². The van der Waals surface area contributed by atoms with E-state index in [1.807, 2.05) is 12.4 Å². The molecule has 1 N–H and O–H groups in total. The van der Waals surface area contributed by atoms with Gasteiger partial charge < -0.3 is 9.88 Å². The summed E-state index contributed by atoms with van der Waals surface area (Å²) in [5.74, 6) is 1.92. The molecule has 4 heteroatoms. The van der Waals surface area contributed by atoms with Gasteiger partial charge in [-0.1, -0.05) is 29.8 Å². The van der Waals surface area contributed by atoms with Crippen molar-refractivity contribution in [2.24, 2.45) is 5.92 Å². The molecule has 0 radical (unpaired) electrons. The molecule has 22 heavy (non-hydrogen) atoms. The van der Waals surface area contributed by atoms with E-state index in [0.717, 1.165) is 31.6 Å². The van der Waals surface area contributed by atoms with Crippen LogP contribution in [0.25, 0.3) is 0 Å². The van der Waals surface area contributed by atoms with E-state index in [9.17, 15) is 4.79 Å². The van der Waals surface area contributed by atoms with Crippen LogP contribution in [0.4, 0.5) is 0 Å². The standard InChI is InChI=1S/C18H21N3O/c1-12-3-2-4-13(9-12)15-10-16(15)18(22)20-14-5-6-17-19-7-8-21(17)11-14/h2-4,7-9,14-16H,5-6,10-11H2,1H3,(H,20,22). The van der Waals surface area contributed by atoms with Crippen molar-refractivity contribution in [1.82, 2.24) is 14.9 Å². The maximum Gasteiger partial charge on any atom is 0.224 e. The summed E-state index contributed by atoms with van der Waals surface area (Å²) < 4.78 is 2.15. The van der Waals surface area contributed by atoms with Crippen molar-refractivity contribution >= 4 is 5.91 Å². The summed E-state index contributed by atoms with van der Waals surface area (Å²) in [6.45, 7) is 2.95. The number of benzene rings is 1. The Bertz CT molecular complexity index is 706. The Morgan fingerprint density at radius 2 is 2.32 bits per heavy atom. The van der Waals surface area contributed by atoms with Crippen molar-refractivity contribution in [3.05, 3.63) is 53.6 Å². The van der Waals surface area contributed by atoms with Gasteiger partial charge in [0.2, 0.25) is 5.91 Å². The van der Waals surface area contributed by atoms with Crippen LogP contribution in [0.3, 0.4) is 0 Å². The Morgan fingerprint density at radius 3 is 3.18 bits per heavy atom. The van der Waals surface area contributed by atoms with Gasteiger partial charge >= 0.3 is 0 Å². The van der Waals surface area contributed by atoms with Gasteiger partial charge in [0.1, 0.15) is 5.82 Å². The third-order valence-electron chi connectivity index (χ3n) is 4.88. The number of aryl methyl sites for hydroxylation is 2. The van der Waals surface area contributed by atoms with Gasteiger partial charge in [-0.2, -0.15) is 0 Å². The minimum Gasteiger partial charge on any atom is -0.351 e. The number of hydrogen-bond donors (Lipinski definition) is 1. The number of rotatable bonds is 3. The maximum absolute atomic E-state index is 12.5. The van der Waals surface area contributed by atoms with Gasteiger partial charge in [0.25, 0.3) is 0 Å². The van der Waals surface area contributed by atoms with E-state index in [-0.39, 0.29) is 17.9 Å². The predicted molar refractivity (Wildman–Crippen MR) is 84.5 cm³/mol. The largest absolute Gasteiger partial charge is 0.351 e. The highest BCUT2D eigenvalue weighted by molar-refractivity contribution is 5.83. The molecule has 4 rings (SSSR count). The zero-order valence-corrected chi connectivity index (χ0v) is 12.8. The summed E-state index contributed by atoms with van der Waals surface area (Å²) in [5, 5.41) is 3.24. The highest BCUT2D eigenvalue weighted by atomic mass is 16.2. The lowest BCUT2D eigenvalue weighted by atomic mass is 10.0. The molecule has 0 saturated heterocycles. The fourth-order valence-electron chi connectivity index (χ4n) is 3.55. The molecule has 3 unspecified atom stereocenters. The first kappa shape index (κ1) is 13.6. The number of hydrogen-bond acceptors (Lipinski definition) is 2. The molecule has 1 saturated carbocycles. The minimum absolute atomic E-state index is 0.158. The van der Waals surface area contributed by atoms with Gasteiger partial charge in [-0.3, -0.25) is 4.79 Å². The number of imidazole rings is 1. The van der Waals surface area contributed by atoms with Gasteiger partial charge in [-0.25, -0.2) is 4.98 Å². The lowest BCUT2D eigenvalue weighted by molar-refractivity contribution is -0.123. The molecule has 114 valence electrons. The molecule has 1 aromatic heterocycles.